The molecule has 1 atom stereocenters. The fourth-order valence-corrected chi connectivity index (χ4v) is 1.72. The molecule has 1 aliphatic rings. The number of carbonyl (C=O) groups is 1. The third kappa shape index (κ3) is 2.89. The highest BCUT2D eigenvalue weighted by Crippen LogP contribution is 2.26. The third-order valence-corrected chi connectivity index (χ3v) is 2.73. The van der Waals surface area contributed by atoms with Gasteiger partial charge in [0.05, 0.1) is 6.07 Å². The molecule has 1 aromatic rings. The minimum absolute atomic E-state index is 0.0384. The van der Waals surface area contributed by atoms with Crippen LogP contribution in [0.2, 0.25) is 0 Å². The lowest BCUT2D eigenvalue weighted by Gasteiger charge is -2.17. The fourth-order valence-electron chi connectivity index (χ4n) is 1.66. The van der Waals surface area contributed by atoms with Gasteiger partial charge in [-0.3, -0.25) is 4.79 Å². The molecule has 0 radical (unpaired) electrons. The van der Waals surface area contributed by atoms with Gasteiger partial charge in [-0.15, -0.1) is 11.6 Å². The number of rotatable bonds is 3. The molecule has 1 heterocycles. The second kappa shape index (κ2) is 5.07. The van der Waals surface area contributed by atoms with E-state index in [4.69, 9.17) is 21.6 Å². The molecule has 0 aliphatic carbocycles. The van der Waals surface area contributed by atoms with Gasteiger partial charge in [0.25, 0.3) is 0 Å². The van der Waals surface area contributed by atoms with Gasteiger partial charge in [0.2, 0.25) is 5.91 Å². The molecule has 88 valence electrons. The van der Waals surface area contributed by atoms with Crippen LogP contribution in [0.4, 0.5) is 5.69 Å². The first-order chi connectivity index (χ1) is 8.19. The molecular weight excluding hydrogens is 240 g/mol. The van der Waals surface area contributed by atoms with Crippen LogP contribution in [0.3, 0.4) is 0 Å². The predicted octanol–water partition coefficient (Wildman–Crippen LogP) is 2.08. The van der Waals surface area contributed by atoms with Crippen LogP contribution in [0.5, 0.6) is 5.75 Å². The van der Waals surface area contributed by atoms with Gasteiger partial charge in [-0.05, 0) is 30.2 Å². The van der Waals surface area contributed by atoms with Gasteiger partial charge >= 0.3 is 0 Å². The maximum atomic E-state index is 11.2. The fraction of sp³-hybridized carbons (Fsp3) is 0.333. The number of amides is 1. The Labute approximate surface area is 104 Å². The molecule has 1 unspecified atom stereocenters. The number of fused-ring (bicyclic) bond motifs is 1. The van der Waals surface area contributed by atoms with Gasteiger partial charge in [0, 0.05) is 12.1 Å². The number of alkyl halides is 1. The van der Waals surface area contributed by atoms with E-state index in [0.717, 1.165) is 11.3 Å². The molecule has 1 aromatic carbocycles. The third-order valence-electron chi connectivity index (χ3n) is 2.51. The molecule has 1 aliphatic heterocycles. The molecule has 1 N–H and O–H groups in total. The van der Waals surface area contributed by atoms with E-state index in [2.05, 4.69) is 5.32 Å². The Morgan fingerprint density at radius 3 is 3.12 bits per heavy atom. The SMILES string of the molecule is N#CC(Cl)COc1ccc2c(c1)CCC(=O)N2. The van der Waals surface area contributed by atoms with E-state index in [1.165, 1.54) is 0 Å². The second-order valence-corrected chi connectivity index (χ2v) is 4.30. The lowest BCUT2D eigenvalue weighted by atomic mass is 10.0. The van der Waals surface area contributed by atoms with E-state index in [-0.39, 0.29) is 12.5 Å². The molecule has 0 fully saturated rings. The predicted molar refractivity (Wildman–Crippen MR) is 64.1 cm³/mol. The topological polar surface area (TPSA) is 62.1 Å². The summed E-state index contributed by atoms with van der Waals surface area (Å²) in [6.07, 6.45) is 1.20. The summed E-state index contributed by atoms with van der Waals surface area (Å²) in [5, 5.41) is 10.7. The van der Waals surface area contributed by atoms with Crippen LogP contribution >= 0.6 is 11.6 Å². The Hall–Kier alpha value is -1.73. The maximum absolute atomic E-state index is 11.2. The number of hydrogen-bond acceptors (Lipinski definition) is 3. The Bertz CT molecular complexity index is 482. The van der Waals surface area contributed by atoms with E-state index in [9.17, 15) is 4.79 Å². The highest BCUT2D eigenvalue weighted by Gasteiger charge is 2.15. The number of benzene rings is 1. The average molecular weight is 251 g/mol. The number of nitrogens with zero attached hydrogens (tertiary/aromatic N) is 1. The number of halogens is 1. The van der Waals surface area contributed by atoms with Crippen LogP contribution in [-0.2, 0) is 11.2 Å². The molecule has 17 heavy (non-hydrogen) atoms. The summed E-state index contributed by atoms with van der Waals surface area (Å²) in [4.78, 5) is 11.2. The molecule has 0 saturated carbocycles. The van der Waals surface area contributed by atoms with Crippen molar-refractivity contribution in [2.45, 2.75) is 18.2 Å². The number of anilines is 1. The Morgan fingerprint density at radius 2 is 2.35 bits per heavy atom. The van der Waals surface area contributed by atoms with E-state index in [1.54, 1.807) is 12.1 Å². The van der Waals surface area contributed by atoms with E-state index in [0.29, 0.717) is 18.6 Å². The Kier molecular flexibility index (Phi) is 3.50. The van der Waals surface area contributed by atoms with E-state index < -0.39 is 5.38 Å². The van der Waals surface area contributed by atoms with Gasteiger partial charge in [-0.25, -0.2) is 0 Å². The van der Waals surface area contributed by atoms with Crippen molar-refractivity contribution < 1.29 is 9.53 Å². The van der Waals surface area contributed by atoms with Crippen LogP contribution in [0, 0.1) is 11.3 Å². The quantitative estimate of drug-likeness (QED) is 0.836. The van der Waals surface area contributed by atoms with Crippen molar-refractivity contribution in [3.8, 4) is 11.8 Å². The zero-order chi connectivity index (χ0) is 12.3. The maximum Gasteiger partial charge on any atom is 0.224 e. The number of hydrogen-bond donors (Lipinski definition) is 1. The largest absolute Gasteiger partial charge is 0.491 e. The summed E-state index contributed by atoms with van der Waals surface area (Å²) < 4.78 is 5.38. The number of ether oxygens (including phenoxy) is 1. The highest BCUT2D eigenvalue weighted by atomic mass is 35.5. The lowest BCUT2D eigenvalue weighted by Crippen LogP contribution is -2.19. The molecule has 5 heteroatoms. The van der Waals surface area contributed by atoms with Gasteiger partial charge in [0.1, 0.15) is 12.4 Å². The van der Waals surface area contributed by atoms with E-state index >= 15 is 0 Å². The molecule has 0 aromatic heterocycles. The lowest BCUT2D eigenvalue weighted by molar-refractivity contribution is -0.116. The van der Waals surface area contributed by atoms with Gasteiger partial charge in [-0.2, -0.15) is 5.26 Å². The van der Waals surface area contributed by atoms with Crippen molar-refractivity contribution in [3.63, 3.8) is 0 Å². The Morgan fingerprint density at radius 1 is 1.53 bits per heavy atom. The summed E-state index contributed by atoms with van der Waals surface area (Å²) in [5.74, 6) is 0.706. The summed E-state index contributed by atoms with van der Waals surface area (Å²) in [5.41, 5.74) is 1.88. The molecular formula is C12H11ClN2O2. The van der Waals surface area contributed by atoms with Crippen LogP contribution in [-0.4, -0.2) is 17.9 Å². The van der Waals surface area contributed by atoms with Crippen LogP contribution in [0.25, 0.3) is 0 Å². The first-order valence-electron chi connectivity index (χ1n) is 5.28. The second-order valence-electron chi connectivity index (χ2n) is 3.77. The molecule has 2 rings (SSSR count). The number of aryl methyl sites for hydroxylation is 1. The first-order valence-corrected chi connectivity index (χ1v) is 5.72. The van der Waals surface area contributed by atoms with Crippen molar-refractivity contribution in [3.05, 3.63) is 23.8 Å². The average Bonchev–Trinajstić information content (AvgIpc) is 2.35. The number of nitrogens with one attached hydrogen (secondary N) is 1. The van der Waals surface area contributed by atoms with Crippen LogP contribution < -0.4 is 10.1 Å². The van der Waals surface area contributed by atoms with Crippen molar-refractivity contribution >= 4 is 23.2 Å². The number of nitriles is 1. The highest BCUT2D eigenvalue weighted by molar-refractivity contribution is 6.22. The molecule has 4 nitrogen and oxygen atoms in total. The summed E-state index contributed by atoms with van der Waals surface area (Å²) >= 11 is 5.63. The van der Waals surface area contributed by atoms with Crippen LogP contribution in [0.15, 0.2) is 18.2 Å². The zero-order valence-electron chi connectivity index (χ0n) is 9.07. The van der Waals surface area contributed by atoms with Gasteiger partial charge < -0.3 is 10.1 Å². The molecule has 0 spiro atoms. The smallest absolute Gasteiger partial charge is 0.224 e. The van der Waals surface area contributed by atoms with Gasteiger partial charge in [0.15, 0.2) is 5.38 Å². The van der Waals surface area contributed by atoms with Crippen molar-refractivity contribution in [1.29, 1.82) is 5.26 Å². The van der Waals surface area contributed by atoms with Crippen molar-refractivity contribution in [2.75, 3.05) is 11.9 Å². The number of carbonyl (C=O) groups excluding carboxylic acids is 1. The van der Waals surface area contributed by atoms with E-state index in [1.807, 2.05) is 12.1 Å². The summed E-state index contributed by atoms with van der Waals surface area (Å²) in [6, 6.07) is 7.32. The normalized spacial score (nSPS) is 15.4. The van der Waals surface area contributed by atoms with Gasteiger partial charge in [-0.1, -0.05) is 0 Å². The molecule has 0 bridgehead atoms. The Balaban J connectivity index is 2.07. The van der Waals surface area contributed by atoms with Crippen molar-refractivity contribution in [2.24, 2.45) is 0 Å². The zero-order valence-corrected chi connectivity index (χ0v) is 9.83. The minimum Gasteiger partial charge on any atom is -0.491 e. The summed E-state index contributed by atoms with van der Waals surface area (Å²) in [6.45, 7) is 0.156. The molecule has 1 amide bonds. The van der Waals surface area contributed by atoms with Crippen molar-refractivity contribution in [1.82, 2.24) is 0 Å². The minimum atomic E-state index is -0.647. The van der Waals surface area contributed by atoms with Crippen LogP contribution in [0.1, 0.15) is 12.0 Å². The standard InChI is InChI=1S/C12H11ClN2O2/c13-9(6-14)7-17-10-2-3-11-8(5-10)1-4-12(16)15-11/h2-3,5,9H,1,4,7H2,(H,15,16). The summed E-state index contributed by atoms with van der Waals surface area (Å²) in [7, 11) is 0. The first kappa shape index (κ1) is 11.7. The monoisotopic (exact) mass is 250 g/mol. The molecule has 0 saturated heterocycles.